The average molecular weight is 357 g/mol. The summed E-state index contributed by atoms with van der Waals surface area (Å²) in [4.78, 5) is 0. The highest BCUT2D eigenvalue weighted by Gasteiger charge is 2.52. The van der Waals surface area contributed by atoms with Gasteiger partial charge in [-0.05, 0) is 24.3 Å². The van der Waals surface area contributed by atoms with Crippen molar-refractivity contribution >= 4 is 0 Å². The number of hydrogen-bond acceptors (Lipinski definition) is 4. The van der Waals surface area contributed by atoms with Crippen molar-refractivity contribution in [2.75, 3.05) is 0 Å². The first-order valence-electron chi connectivity index (χ1n) is 6.81. The van der Waals surface area contributed by atoms with Crippen LogP contribution >= 0.6 is 0 Å². The molecule has 0 saturated carbocycles. The van der Waals surface area contributed by atoms with E-state index in [0.29, 0.717) is 0 Å². The Balaban J connectivity index is 2.09. The largest absolute Gasteiger partial charge is 0.457 e. The number of ether oxygens (including phenoxy) is 2. The van der Waals surface area contributed by atoms with Crippen LogP contribution in [0.2, 0.25) is 0 Å². The Bertz CT molecular complexity index is 879. The molecule has 0 radical (unpaired) electrons. The molecule has 1 aliphatic rings. The normalized spacial score (nSPS) is 17.8. The zero-order valence-corrected chi connectivity index (χ0v) is 12.1. The maximum absolute atomic E-state index is 13.4. The van der Waals surface area contributed by atoms with Gasteiger partial charge in [0, 0.05) is 11.6 Å². The molecule has 3 rings (SSSR count). The van der Waals surface area contributed by atoms with E-state index in [4.69, 9.17) is 10.00 Å². The lowest BCUT2D eigenvalue weighted by molar-refractivity contribution is -0.224. The van der Waals surface area contributed by atoms with Gasteiger partial charge >= 0.3 is 6.11 Å². The summed E-state index contributed by atoms with van der Waals surface area (Å²) in [5.74, 6) is -2.29. The van der Waals surface area contributed by atoms with Gasteiger partial charge in [0.25, 0.3) is 6.43 Å². The molecule has 0 aliphatic carbocycles. The second-order valence-electron chi connectivity index (χ2n) is 5.15. The molecule has 0 fully saturated rings. The Labute approximate surface area is 137 Å². The van der Waals surface area contributed by atoms with E-state index in [1.54, 1.807) is 6.07 Å². The monoisotopic (exact) mass is 357 g/mol. The van der Waals surface area contributed by atoms with Gasteiger partial charge in [-0.1, -0.05) is 0 Å². The number of rotatable bonds is 3. The Morgan fingerprint density at radius 3 is 2.60 bits per heavy atom. The third-order valence-corrected chi connectivity index (χ3v) is 3.49. The van der Waals surface area contributed by atoms with Crippen LogP contribution in [-0.4, -0.2) is 11.2 Å². The highest BCUT2D eigenvalue weighted by atomic mass is 19.3. The number of alkyl halides is 4. The second-order valence-corrected chi connectivity index (χ2v) is 5.15. The summed E-state index contributed by atoms with van der Waals surface area (Å²) < 4.78 is 76.5. The number of aliphatic hydroxyl groups excluding tert-OH is 1. The standard InChI is InChI=1S/C16H8F5NO3/c17-8-3-7(6-22)4-9(5-8)24-10-1-2-11-12(13(10)15(18)19)14(23)16(20,21)25-11/h1-5,14-15,23H. The zero-order chi connectivity index (χ0) is 18.4. The molecular weight excluding hydrogens is 349 g/mol. The van der Waals surface area contributed by atoms with Crippen molar-refractivity contribution in [1.82, 2.24) is 0 Å². The van der Waals surface area contributed by atoms with Crippen LogP contribution < -0.4 is 9.47 Å². The molecule has 0 spiro atoms. The molecule has 1 aliphatic heterocycles. The molecule has 1 atom stereocenters. The lowest BCUT2D eigenvalue weighted by Gasteiger charge is -2.15. The minimum absolute atomic E-state index is 0.121. The maximum Gasteiger partial charge on any atom is 0.429 e. The third-order valence-electron chi connectivity index (χ3n) is 3.49. The number of aliphatic hydroxyl groups is 1. The third kappa shape index (κ3) is 2.96. The molecule has 25 heavy (non-hydrogen) atoms. The maximum atomic E-state index is 13.4. The fourth-order valence-electron chi connectivity index (χ4n) is 2.47. The van der Waals surface area contributed by atoms with E-state index in [-0.39, 0.29) is 11.3 Å². The quantitative estimate of drug-likeness (QED) is 0.825. The SMILES string of the molecule is N#Cc1cc(F)cc(Oc2ccc3c(c2C(F)F)C(O)C(F)(F)O3)c1. The predicted molar refractivity (Wildman–Crippen MR) is 73.1 cm³/mol. The molecule has 130 valence electrons. The van der Waals surface area contributed by atoms with Gasteiger partial charge in [-0.15, -0.1) is 0 Å². The van der Waals surface area contributed by atoms with Gasteiger partial charge < -0.3 is 14.6 Å². The molecule has 4 nitrogen and oxygen atoms in total. The Hall–Kier alpha value is -2.86. The van der Waals surface area contributed by atoms with Crippen LogP contribution in [0.5, 0.6) is 17.2 Å². The minimum atomic E-state index is -4.06. The molecule has 1 unspecified atom stereocenters. The van der Waals surface area contributed by atoms with Gasteiger partial charge in [0.2, 0.25) is 0 Å². The molecule has 0 aromatic heterocycles. The number of nitrogens with zero attached hydrogens (tertiary/aromatic N) is 1. The minimum Gasteiger partial charge on any atom is -0.457 e. The summed E-state index contributed by atoms with van der Waals surface area (Å²) in [6.07, 6.45) is -9.93. The second kappa shape index (κ2) is 5.89. The van der Waals surface area contributed by atoms with Gasteiger partial charge in [-0.2, -0.15) is 14.0 Å². The van der Waals surface area contributed by atoms with E-state index in [9.17, 15) is 27.1 Å². The van der Waals surface area contributed by atoms with Crippen molar-refractivity contribution in [3.05, 3.63) is 52.8 Å². The lowest BCUT2D eigenvalue weighted by atomic mass is 10.0. The predicted octanol–water partition coefficient (Wildman–Crippen LogP) is 4.45. The van der Waals surface area contributed by atoms with Crippen molar-refractivity contribution in [3.63, 3.8) is 0 Å². The molecular formula is C16H8F5NO3. The van der Waals surface area contributed by atoms with Gasteiger partial charge in [0.1, 0.15) is 23.1 Å². The average Bonchev–Trinajstić information content (AvgIpc) is 2.76. The summed E-state index contributed by atoms with van der Waals surface area (Å²) >= 11 is 0. The van der Waals surface area contributed by atoms with Crippen LogP contribution in [0.15, 0.2) is 30.3 Å². The number of fused-ring (bicyclic) bond motifs is 1. The van der Waals surface area contributed by atoms with E-state index in [1.807, 2.05) is 0 Å². The number of benzene rings is 2. The fraction of sp³-hybridized carbons (Fsp3) is 0.188. The van der Waals surface area contributed by atoms with Crippen LogP contribution in [0.4, 0.5) is 22.0 Å². The van der Waals surface area contributed by atoms with Crippen LogP contribution in [0.1, 0.15) is 29.2 Å². The molecule has 0 amide bonds. The van der Waals surface area contributed by atoms with Crippen molar-refractivity contribution in [1.29, 1.82) is 5.26 Å². The highest BCUT2D eigenvalue weighted by Crippen LogP contribution is 2.51. The number of halogens is 5. The Morgan fingerprint density at radius 2 is 1.96 bits per heavy atom. The van der Waals surface area contributed by atoms with Crippen molar-refractivity contribution in [2.45, 2.75) is 18.6 Å². The molecule has 0 bridgehead atoms. The van der Waals surface area contributed by atoms with E-state index in [0.717, 1.165) is 30.3 Å². The van der Waals surface area contributed by atoms with Crippen LogP contribution in [0.3, 0.4) is 0 Å². The first-order chi connectivity index (χ1) is 11.7. The van der Waals surface area contributed by atoms with Crippen LogP contribution in [-0.2, 0) is 0 Å². The Morgan fingerprint density at radius 1 is 1.24 bits per heavy atom. The zero-order valence-electron chi connectivity index (χ0n) is 12.1. The topological polar surface area (TPSA) is 62.5 Å². The molecule has 2 aromatic carbocycles. The summed E-state index contributed by atoms with van der Waals surface area (Å²) in [5, 5.41) is 18.4. The lowest BCUT2D eigenvalue weighted by Crippen LogP contribution is -2.26. The number of hydrogen-bond donors (Lipinski definition) is 1. The summed E-state index contributed by atoms with van der Waals surface area (Å²) in [7, 11) is 0. The van der Waals surface area contributed by atoms with Crippen molar-refractivity contribution in [2.24, 2.45) is 0 Å². The van der Waals surface area contributed by atoms with E-state index < -0.39 is 47.1 Å². The molecule has 0 saturated heterocycles. The molecule has 9 heteroatoms. The smallest absolute Gasteiger partial charge is 0.429 e. The fourth-order valence-corrected chi connectivity index (χ4v) is 2.47. The van der Waals surface area contributed by atoms with Gasteiger partial charge in [-0.3, -0.25) is 0 Å². The van der Waals surface area contributed by atoms with Crippen LogP contribution in [0, 0.1) is 17.1 Å². The molecule has 1 N–H and O–H groups in total. The highest BCUT2D eigenvalue weighted by molar-refractivity contribution is 5.54. The summed E-state index contributed by atoms with van der Waals surface area (Å²) in [6.45, 7) is 0. The first kappa shape index (κ1) is 17.0. The number of nitriles is 1. The van der Waals surface area contributed by atoms with Gasteiger partial charge in [0.15, 0.2) is 6.10 Å². The van der Waals surface area contributed by atoms with Gasteiger partial charge in [0.05, 0.1) is 17.2 Å². The van der Waals surface area contributed by atoms with E-state index >= 15 is 0 Å². The molecule has 1 heterocycles. The van der Waals surface area contributed by atoms with Gasteiger partial charge in [-0.25, -0.2) is 13.2 Å². The Kier molecular flexibility index (Phi) is 4.00. The van der Waals surface area contributed by atoms with Crippen molar-refractivity contribution in [3.8, 4) is 23.3 Å². The van der Waals surface area contributed by atoms with Crippen molar-refractivity contribution < 1.29 is 36.5 Å². The summed E-state index contributed by atoms with van der Waals surface area (Å²) in [5.41, 5.74) is -1.91. The first-order valence-corrected chi connectivity index (χ1v) is 6.81. The molecule has 2 aromatic rings. The van der Waals surface area contributed by atoms with E-state index in [1.165, 1.54) is 0 Å². The van der Waals surface area contributed by atoms with Crippen LogP contribution in [0.25, 0.3) is 0 Å². The van der Waals surface area contributed by atoms with E-state index in [2.05, 4.69) is 4.74 Å². The summed E-state index contributed by atoms with van der Waals surface area (Å²) in [6, 6.07) is 6.37.